The maximum absolute atomic E-state index is 12.6. The Labute approximate surface area is 131 Å². The first-order valence-corrected chi connectivity index (χ1v) is 8.10. The minimum atomic E-state index is -0.0762. The van der Waals surface area contributed by atoms with Crippen molar-refractivity contribution >= 4 is 43.5 Å². The minimum absolute atomic E-state index is 0.0762. The van der Waals surface area contributed by atoms with E-state index in [0.29, 0.717) is 6.04 Å². The highest BCUT2D eigenvalue weighted by molar-refractivity contribution is 9.11. The Kier molecular flexibility index (Phi) is 5.03. The molecule has 1 aromatic carbocycles. The summed E-state index contributed by atoms with van der Waals surface area (Å²) in [5.41, 5.74) is 0.933. The Bertz CT molecular complexity index is 456. The highest BCUT2D eigenvalue weighted by atomic mass is 79.9. The van der Waals surface area contributed by atoms with Gasteiger partial charge in [-0.25, -0.2) is 0 Å². The second kappa shape index (κ2) is 6.37. The van der Waals surface area contributed by atoms with Gasteiger partial charge in [0.2, 0.25) is 5.91 Å². The third-order valence-electron chi connectivity index (χ3n) is 3.18. The van der Waals surface area contributed by atoms with Gasteiger partial charge in [-0.2, -0.15) is 0 Å². The molecule has 1 N–H and O–H groups in total. The van der Waals surface area contributed by atoms with Crippen molar-refractivity contribution in [2.24, 2.45) is 0 Å². The fraction of sp³-hybridized carbons (Fsp3) is 0.500. The predicted molar refractivity (Wildman–Crippen MR) is 85.5 cm³/mol. The summed E-state index contributed by atoms with van der Waals surface area (Å²) in [6, 6.07) is 6.12. The molecule has 0 aliphatic carbocycles. The van der Waals surface area contributed by atoms with Gasteiger partial charge in [-0.3, -0.25) is 4.79 Å². The molecule has 0 spiro atoms. The van der Waals surface area contributed by atoms with Gasteiger partial charge >= 0.3 is 0 Å². The molecular weight excluding hydrogens is 372 g/mol. The Hall–Kier alpha value is -0.390. The van der Waals surface area contributed by atoms with E-state index in [2.05, 4.69) is 51.0 Å². The second-order valence-electron chi connectivity index (χ2n) is 5.08. The summed E-state index contributed by atoms with van der Waals surface area (Å²) >= 11 is 7.07. The summed E-state index contributed by atoms with van der Waals surface area (Å²) in [4.78, 5) is 14.5. The highest BCUT2D eigenvalue weighted by Crippen LogP contribution is 2.35. The number of carbonyl (C=O) groups excluding carboxylic acids is 1. The Morgan fingerprint density at radius 1 is 1.32 bits per heavy atom. The third-order valence-corrected chi connectivity index (χ3v) is 4.46. The normalized spacial score (nSPS) is 20.2. The zero-order valence-electron chi connectivity index (χ0n) is 11.1. The summed E-state index contributed by atoms with van der Waals surface area (Å²) in [6.07, 6.45) is 1.93. The van der Waals surface area contributed by atoms with Gasteiger partial charge in [-0.15, -0.1) is 0 Å². The van der Waals surface area contributed by atoms with Gasteiger partial charge in [0.05, 0.1) is 11.7 Å². The molecule has 1 amide bonds. The molecule has 5 heteroatoms. The molecule has 1 aromatic rings. The van der Waals surface area contributed by atoms with Crippen LogP contribution in [0, 0.1) is 0 Å². The number of nitrogens with zero attached hydrogens (tertiary/aromatic N) is 1. The van der Waals surface area contributed by atoms with Crippen LogP contribution >= 0.6 is 31.9 Å². The molecule has 0 bridgehead atoms. The molecular formula is C14H18Br2N2O. The number of piperidine rings is 1. The van der Waals surface area contributed by atoms with Crippen molar-refractivity contribution < 1.29 is 4.79 Å². The van der Waals surface area contributed by atoms with Crippen molar-refractivity contribution in [3.63, 3.8) is 0 Å². The van der Waals surface area contributed by atoms with Crippen molar-refractivity contribution in [2.75, 3.05) is 11.4 Å². The van der Waals surface area contributed by atoms with Crippen molar-refractivity contribution in [1.82, 2.24) is 5.32 Å². The fourth-order valence-corrected chi connectivity index (χ4v) is 3.83. The quantitative estimate of drug-likeness (QED) is 0.854. The summed E-state index contributed by atoms with van der Waals surface area (Å²) in [7, 11) is 0. The minimum Gasteiger partial charge on any atom is -0.309 e. The van der Waals surface area contributed by atoms with Crippen molar-refractivity contribution in [3.8, 4) is 0 Å². The average Bonchev–Trinajstić information content (AvgIpc) is 2.33. The number of amides is 1. The number of nitrogens with one attached hydrogen (secondary N) is 1. The lowest BCUT2D eigenvalue weighted by Gasteiger charge is -2.34. The molecule has 0 radical (unpaired) electrons. The van der Waals surface area contributed by atoms with Gasteiger partial charge in [-0.1, -0.05) is 19.9 Å². The predicted octanol–water partition coefficient (Wildman–Crippen LogP) is 3.71. The molecule has 1 fully saturated rings. The SMILES string of the molecule is CC(C)NC1CCCN(c2c(Br)cccc2Br)C1=O. The van der Waals surface area contributed by atoms with Crippen LogP contribution in [-0.4, -0.2) is 24.5 Å². The van der Waals surface area contributed by atoms with Gasteiger partial charge in [0.15, 0.2) is 0 Å². The fourth-order valence-electron chi connectivity index (χ4n) is 2.40. The number of carbonyl (C=O) groups is 1. The van der Waals surface area contributed by atoms with Crippen LogP contribution in [0.2, 0.25) is 0 Å². The Morgan fingerprint density at radius 2 is 1.95 bits per heavy atom. The summed E-state index contributed by atoms with van der Waals surface area (Å²) in [6.45, 7) is 4.91. The first kappa shape index (κ1) is 15.0. The van der Waals surface area contributed by atoms with Crippen molar-refractivity contribution in [1.29, 1.82) is 0 Å². The number of benzene rings is 1. The molecule has 1 heterocycles. The molecule has 0 saturated carbocycles. The number of rotatable bonds is 3. The van der Waals surface area contributed by atoms with E-state index in [0.717, 1.165) is 34.0 Å². The first-order valence-electron chi connectivity index (χ1n) is 6.52. The topological polar surface area (TPSA) is 32.3 Å². The van der Waals surface area contributed by atoms with Crippen LogP contribution in [0.1, 0.15) is 26.7 Å². The molecule has 2 rings (SSSR count). The molecule has 19 heavy (non-hydrogen) atoms. The van der Waals surface area contributed by atoms with Gasteiger partial charge in [0.25, 0.3) is 0 Å². The number of halogens is 2. The van der Waals surface area contributed by atoms with Crippen LogP contribution in [-0.2, 0) is 4.79 Å². The molecule has 0 aromatic heterocycles. The smallest absolute Gasteiger partial charge is 0.244 e. The molecule has 1 atom stereocenters. The number of anilines is 1. The van der Waals surface area contributed by atoms with E-state index in [1.807, 2.05) is 23.1 Å². The zero-order chi connectivity index (χ0) is 14.0. The number of hydrogen-bond acceptors (Lipinski definition) is 2. The molecule has 1 aliphatic rings. The van der Waals surface area contributed by atoms with E-state index in [4.69, 9.17) is 0 Å². The van der Waals surface area contributed by atoms with Crippen LogP contribution in [0.4, 0.5) is 5.69 Å². The maximum Gasteiger partial charge on any atom is 0.244 e. The van der Waals surface area contributed by atoms with Crippen molar-refractivity contribution in [2.45, 2.75) is 38.8 Å². The standard InChI is InChI=1S/C14H18Br2N2O/c1-9(2)17-12-7-4-8-18(14(12)19)13-10(15)5-3-6-11(13)16/h3,5-6,9,12,17H,4,7-8H2,1-2H3. The molecule has 3 nitrogen and oxygen atoms in total. The van der Waals surface area contributed by atoms with E-state index >= 15 is 0 Å². The van der Waals surface area contributed by atoms with Crippen LogP contribution in [0.15, 0.2) is 27.1 Å². The summed E-state index contributed by atoms with van der Waals surface area (Å²) in [5.74, 6) is 0.160. The van der Waals surface area contributed by atoms with E-state index in [1.54, 1.807) is 0 Å². The third kappa shape index (κ3) is 3.38. The average molecular weight is 390 g/mol. The Balaban J connectivity index is 2.27. The van der Waals surface area contributed by atoms with Crippen molar-refractivity contribution in [3.05, 3.63) is 27.1 Å². The van der Waals surface area contributed by atoms with Crippen LogP contribution in [0.3, 0.4) is 0 Å². The van der Waals surface area contributed by atoms with E-state index in [1.165, 1.54) is 0 Å². The maximum atomic E-state index is 12.6. The lowest BCUT2D eigenvalue weighted by Crippen LogP contribution is -2.52. The summed E-state index contributed by atoms with van der Waals surface area (Å²) < 4.78 is 1.89. The van der Waals surface area contributed by atoms with Gasteiger partial charge in [0, 0.05) is 21.5 Å². The summed E-state index contributed by atoms with van der Waals surface area (Å²) in [5, 5.41) is 3.35. The highest BCUT2D eigenvalue weighted by Gasteiger charge is 2.31. The van der Waals surface area contributed by atoms with Gasteiger partial charge in [-0.05, 0) is 56.8 Å². The second-order valence-corrected chi connectivity index (χ2v) is 6.78. The molecule has 1 saturated heterocycles. The number of para-hydroxylation sites is 1. The van der Waals surface area contributed by atoms with Gasteiger partial charge < -0.3 is 10.2 Å². The lowest BCUT2D eigenvalue weighted by atomic mass is 10.0. The van der Waals surface area contributed by atoms with E-state index in [-0.39, 0.29) is 11.9 Å². The van der Waals surface area contributed by atoms with Crippen LogP contribution < -0.4 is 10.2 Å². The first-order chi connectivity index (χ1) is 9.00. The number of hydrogen-bond donors (Lipinski definition) is 1. The monoisotopic (exact) mass is 388 g/mol. The van der Waals surface area contributed by atoms with E-state index in [9.17, 15) is 4.79 Å². The molecule has 1 unspecified atom stereocenters. The largest absolute Gasteiger partial charge is 0.309 e. The lowest BCUT2D eigenvalue weighted by molar-refractivity contribution is -0.121. The molecule has 104 valence electrons. The zero-order valence-corrected chi connectivity index (χ0v) is 14.3. The van der Waals surface area contributed by atoms with Crippen LogP contribution in [0.5, 0.6) is 0 Å². The molecule has 1 aliphatic heterocycles. The van der Waals surface area contributed by atoms with E-state index < -0.39 is 0 Å². The van der Waals surface area contributed by atoms with Crippen LogP contribution in [0.25, 0.3) is 0 Å². The van der Waals surface area contributed by atoms with Gasteiger partial charge in [0.1, 0.15) is 0 Å². The Morgan fingerprint density at radius 3 is 2.53 bits per heavy atom.